The molecule has 0 bridgehead atoms. The maximum atomic E-state index is 5.42. The van der Waals surface area contributed by atoms with Crippen LogP contribution in [0.3, 0.4) is 0 Å². The summed E-state index contributed by atoms with van der Waals surface area (Å²) >= 11 is 0. The molecule has 1 aromatic rings. The van der Waals surface area contributed by atoms with E-state index in [0.29, 0.717) is 0 Å². The number of rotatable bonds is 4. The minimum atomic E-state index is 0.941. The van der Waals surface area contributed by atoms with Gasteiger partial charge in [-0.2, -0.15) is 0 Å². The first-order valence-corrected chi connectivity index (χ1v) is 5.71. The second-order valence-corrected chi connectivity index (χ2v) is 3.70. The zero-order valence-electron chi connectivity index (χ0n) is 10.6. The first-order valence-electron chi connectivity index (χ1n) is 5.71. The second kappa shape index (κ2) is 6.16. The van der Waals surface area contributed by atoms with Crippen LogP contribution in [0.25, 0.3) is 5.57 Å². The predicted octanol–water partition coefficient (Wildman–Crippen LogP) is 4.34. The van der Waals surface area contributed by atoms with Gasteiger partial charge in [0.25, 0.3) is 0 Å². The molecule has 0 aromatic heterocycles. The minimum Gasteiger partial charge on any atom is -0.496 e. The van der Waals surface area contributed by atoms with Crippen molar-refractivity contribution in [2.75, 3.05) is 7.11 Å². The largest absolute Gasteiger partial charge is 0.496 e. The summed E-state index contributed by atoms with van der Waals surface area (Å²) in [6, 6.07) is 8.39. The number of methoxy groups -OCH3 is 1. The van der Waals surface area contributed by atoms with Crippen LogP contribution in [0.2, 0.25) is 0 Å². The average molecular weight is 216 g/mol. The van der Waals surface area contributed by atoms with Crippen LogP contribution in [-0.2, 0) is 4.74 Å². The van der Waals surface area contributed by atoms with Crippen molar-refractivity contribution in [2.45, 2.75) is 27.2 Å². The summed E-state index contributed by atoms with van der Waals surface area (Å²) < 4.78 is 5.42. The van der Waals surface area contributed by atoms with Gasteiger partial charge in [-0.3, -0.25) is 0 Å². The molecule has 0 heterocycles. The summed E-state index contributed by atoms with van der Waals surface area (Å²) in [6.45, 7) is 6.27. The van der Waals surface area contributed by atoms with E-state index in [2.05, 4.69) is 44.2 Å². The topological polar surface area (TPSA) is 9.23 Å². The molecule has 0 saturated carbocycles. The summed E-state index contributed by atoms with van der Waals surface area (Å²) in [5, 5.41) is 0. The highest BCUT2D eigenvalue weighted by molar-refractivity contribution is 5.78. The molecule has 16 heavy (non-hydrogen) atoms. The fourth-order valence-corrected chi connectivity index (χ4v) is 1.81. The van der Waals surface area contributed by atoms with Crippen molar-refractivity contribution in [2.24, 2.45) is 0 Å². The Hall–Kier alpha value is -1.50. The van der Waals surface area contributed by atoms with E-state index < -0.39 is 0 Å². The van der Waals surface area contributed by atoms with Gasteiger partial charge in [-0.1, -0.05) is 37.3 Å². The van der Waals surface area contributed by atoms with Crippen molar-refractivity contribution in [3.8, 4) is 0 Å². The Morgan fingerprint density at radius 2 is 2.00 bits per heavy atom. The molecule has 0 fully saturated rings. The van der Waals surface area contributed by atoms with E-state index in [9.17, 15) is 0 Å². The molecule has 0 unspecified atom stereocenters. The number of hydrogen-bond acceptors (Lipinski definition) is 1. The first-order chi connectivity index (χ1) is 7.74. The Morgan fingerprint density at radius 3 is 2.50 bits per heavy atom. The van der Waals surface area contributed by atoms with Crippen LogP contribution in [0.15, 0.2) is 42.2 Å². The lowest BCUT2D eigenvalue weighted by Crippen LogP contribution is -1.95. The van der Waals surface area contributed by atoms with E-state index in [0.717, 1.165) is 12.2 Å². The van der Waals surface area contributed by atoms with Gasteiger partial charge in [0.2, 0.25) is 0 Å². The summed E-state index contributed by atoms with van der Waals surface area (Å²) in [7, 11) is 1.72. The van der Waals surface area contributed by atoms with Gasteiger partial charge in [0.05, 0.1) is 7.11 Å². The summed E-state index contributed by atoms with van der Waals surface area (Å²) in [5.41, 5.74) is 3.71. The molecule has 0 aliphatic heterocycles. The van der Waals surface area contributed by atoms with Crippen LogP contribution >= 0.6 is 0 Å². The van der Waals surface area contributed by atoms with Crippen LogP contribution in [-0.4, -0.2) is 7.11 Å². The highest BCUT2D eigenvalue weighted by atomic mass is 16.5. The van der Waals surface area contributed by atoms with Crippen molar-refractivity contribution >= 4 is 5.57 Å². The van der Waals surface area contributed by atoms with Gasteiger partial charge >= 0.3 is 0 Å². The van der Waals surface area contributed by atoms with Crippen molar-refractivity contribution in [1.82, 2.24) is 0 Å². The molecular weight excluding hydrogens is 196 g/mol. The molecule has 0 atom stereocenters. The van der Waals surface area contributed by atoms with E-state index in [1.165, 1.54) is 16.7 Å². The monoisotopic (exact) mass is 216 g/mol. The normalized spacial score (nSPS) is 12.8. The SMILES string of the molecule is C/C=C(OC)\C(=C/CC)c1ccccc1C. The third kappa shape index (κ3) is 2.75. The molecule has 0 radical (unpaired) electrons. The first kappa shape index (κ1) is 12.6. The third-order valence-electron chi connectivity index (χ3n) is 2.59. The van der Waals surface area contributed by atoms with Gasteiger partial charge in [0.15, 0.2) is 0 Å². The Morgan fingerprint density at radius 1 is 1.31 bits per heavy atom. The zero-order valence-corrected chi connectivity index (χ0v) is 10.6. The zero-order chi connectivity index (χ0) is 12.0. The molecular formula is C15H20O. The molecule has 1 heteroatoms. The molecule has 0 amide bonds. The van der Waals surface area contributed by atoms with Gasteiger partial charge in [-0.15, -0.1) is 0 Å². The van der Waals surface area contributed by atoms with Crippen molar-refractivity contribution in [3.05, 3.63) is 53.3 Å². The third-order valence-corrected chi connectivity index (χ3v) is 2.59. The number of aryl methyl sites for hydroxylation is 1. The number of benzene rings is 1. The van der Waals surface area contributed by atoms with Crippen LogP contribution in [0, 0.1) is 6.92 Å². The molecule has 0 N–H and O–H groups in total. The quantitative estimate of drug-likeness (QED) is 0.537. The number of hydrogen-bond donors (Lipinski definition) is 0. The van der Waals surface area contributed by atoms with Gasteiger partial charge in [0.1, 0.15) is 5.76 Å². The lowest BCUT2D eigenvalue weighted by Gasteiger charge is -2.13. The van der Waals surface area contributed by atoms with Crippen molar-refractivity contribution in [1.29, 1.82) is 0 Å². The van der Waals surface area contributed by atoms with Crippen LogP contribution in [0.1, 0.15) is 31.4 Å². The van der Waals surface area contributed by atoms with E-state index >= 15 is 0 Å². The standard InChI is InChI=1S/C15H20O/c1-5-9-14(15(6-2)16-4)13-11-8-7-10-12(13)3/h6-11H,5H2,1-4H3/b14-9-,15-6+. The van der Waals surface area contributed by atoms with Crippen LogP contribution < -0.4 is 0 Å². The Bertz CT molecular complexity index is 400. The molecule has 0 spiro atoms. The molecule has 0 aliphatic carbocycles. The fraction of sp³-hybridized carbons (Fsp3) is 0.333. The van der Waals surface area contributed by atoms with Crippen LogP contribution in [0.4, 0.5) is 0 Å². The summed E-state index contributed by atoms with van der Waals surface area (Å²) in [6.07, 6.45) is 5.22. The van der Waals surface area contributed by atoms with Gasteiger partial charge in [-0.05, 0) is 37.5 Å². The molecule has 0 aliphatic rings. The predicted molar refractivity (Wildman–Crippen MR) is 70.2 cm³/mol. The van der Waals surface area contributed by atoms with Gasteiger partial charge < -0.3 is 4.74 Å². The summed E-state index contributed by atoms with van der Waals surface area (Å²) in [4.78, 5) is 0. The molecule has 1 rings (SSSR count). The highest BCUT2D eigenvalue weighted by Crippen LogP contribution is 2.26. The Balaban J connectivity index is 3.24. The van der Waals surface area contributed by atoms with Crippen molar-refractivity contribution < 1.29 is 4.74 Å². The fourth-order valence-electron chi connectivity index (χ4n) is 1.81. The minimum absolute atomic E-state index is 0.941. The Labute approximate surface area is 98.5 Å². The lowest BCUT2D eigenvalue weighted by molar-refractivity contribution is 0.310. The lowest BCUT2D eigenvalue weighted by atomic mass is 9.98. The van der Waals surface area contributed by atoms with E-state index in [-0.39, 0.29) is 0 Å². The van der Waals surface area contributed by atoms with Crippen molar-refractivity contribution in [3.63, 3.8) is 0 Å². The van der Waals surface area contributed by atoms with Gasteiger partial charge in [-0.25, -0.2) is 0 Å². The van der Waals surface area contributed by atoms with E-state index in [1.807, 2.05) is 13.0 Å². The van der Waals surface area contributed by atoms with E-state index in [1.54, 1.807) is 7.11 Å². The smallest absolute Gasteiger partial charge is 0.122 e. The Kier molecular flexibility index (Phi) is 4.84. The maximum absolute atomic E-state index is 5.42. The molecule has 0 saturated heterocycles. The van der Waals surface area contributed by atoms with Crippen LogP contribution in [0.5, 0.6) is 0 Å². The number of allylic oxidation sites excluding steroid dienone is 3. The average Bonchev–Trinajstić information content (AvgIpc) is 2.30. The van der Waals surface area contributed by atoms with E-state index in [4.69, 9.17) is 4.74 Å². The summed E-state index contributed by atoms with van der Waals surface area (Å²) in [5.74, 6) is 0.941. The maximum Gasteiger partial charge on any atom is 0.122 e. The molecule has 1 aromatic carbocycles. The van der Waals surface area contributed by atoms with Gasteiger partial charge in [0, 0.05) is 5.57 Å². The molecule has 86 valence electrons. The second-order valence-electron chi connectivity index (χ2n) is 3.70. The highest BCUT2D eigenvalue weighted by Gasteiger charge is 2.08. The number of ether oxygens (including phenoxy) is 1. The molecule has 1 nitrogen and oxygen atoms in total.